The van der Waals surface area contributed by atoms with Crippen LogP contribution in [0.25, 0.3) is 0 Å². The van der Waals surface area contributed by atoms with Crippen molar-refractivity contribution in [1.82, 2.24) is 0 Å². The van der Waals surface area contributed by atoms with Crippen LogP contribution in [-0.2, 0) is 16.1 Å². The lowest BCUT2D eigenvalue weighted by atomic mass is 10.0. The molecule has 0 fully saturated rings. The molecule has 2 atom stereocenters. The van der Waals surface area contributed by atoms with Crippen molar-refractivity contribution in [2.24, 2.45) is 5.92 Å². The highest BCUT2D eigenvalue weighted by Crippen LogP contribution is 2.32. The third-order valence-corrected chi connectivity index (χ3v) is 5.31. The summed E-state index contributed by atoms with van der Waals surface area (Å²) in [6, 6.07) is 20.0. The van der Waals surface area contributed by atoms with Gasteiger partial charge in [0.15, 0.2) is 0 Å². The minimum atomic E-state index is -0.728. The number of carboxylic acids is 1. The quantitative estimate of drug-likeness (QED) is 0.494. The highest BCUT2D eigenvalue weighted by molar-refractivity contribution is 8.00. The number of aliphatic carboxylic acids is 1. The summed E-state index contributed by atoms with van der Waals surface area (Å²) in [5.74, 6) is -1.09. The van der Waals surface area contributed by atoms with Crippen LogP contribution in [0.4, 0.5) is 0 Å². The molecule has 0 amide bonds. The molecule has 0 aliphatic rings. The molecule has 0 saturated heterocycles. The summed E-state index contributed by atoms with van der Waals surface area (Å²) >= 11 is 1.64. The van der Waals surface area contributed by atoms with E-state index >= 15 is 0 Å². The second-order valence-electron chi connectivity index (χ2n) is 5.65. The maximum atomic E-state index is 11.6. The predicted octanol–water partition coefficient (Wildman–Crippen LogP) is 4.87. The van der Waals surface area contributed by atoms with Crippen molar-refractivity contribution in [3.8, 4) is 0 Å². The maximum absolute atomic E-state index is 11.6. The number of hydrogen-bond donors (Lipinski definition) is 1. The van der Waals surface area contributed by atoms with E-state index in [2.05, 4.69) is 0 Å². The summed E-state index contributed by atoms with van der Waals surface area (Å²) in [6.07, 6.45) is 1.34. The van der Waals surface area contributed by atoms with Gasteiger partial charge in [0.1, 0.15) is 0 Å². The Balaban J connectivity index is 1.91. The highest BCUT2D eigenvalue weighted by atomic mass is 32.2. The Labute approximate surface area is 148 Å². The van der Waals surface area contributed by atoms with Gasteiger partial charge in [-0.15, -0.1) is 11.8 Å². The van der Waals surface area contributed by atoms with Crippen molar-refractivity contribution >= 4 is 17.7 Å². The van der Waals surface area contributed by atoms with Gasteiger partial charge >= 0.3 is 5.97 Å². The molecule has 128 valence electrons. The van der Waals surface area contributed by atoms with Gasteiger partial charge in [-0.25, -0.2) is 0 Å². The van der Waals surface area contributed by atoms with Crippen molar-refractivity contribution in [3.05, 3.63) is 66.2 Å². The number of rotatable bonds is 10. The molecule has 2 rings (SSSR count). The van der Waals surface area contributed by atoms with E-state index in [1.54, 1.807) is 11.8 Å². The molecule has 0 radical (unpaired) electrons. The normalized spacial score (nSPS) is 13.4. The zero-order chi connectivity index (χ0) is 17.2. The maximum Gasteiger partial charge on any atom is 0.307 e. The molecule has 4 heteroatoms. The Kier molecular flexibility index (Phi) is 7.86. The third-order valence-electron chi connectivity index (χ3n) is 3.89. The molecule has 24 heavy (non-hydrogen) atoms. The molecule has 0 saturated carbocycles. The highest BCUT2D eigenvalue weighted by Gasteiger charge is 2.27. The number of ether oxygens (including phenoxy) is 1. The average molecular weight is 344 g/mol. The van der Waals surface area contributed by atoms with Gasteiger partial charge in [0, 0.05) is 16.8 Å². The Hall–Kier alpha value is -1.78. The minimum Gasteiger partial charge on any atom is -0.481 e. The number of thioether (sulfide) groups is 1. The summed E-state index contributed by atoms with van der Waals surface area (Å²) in [4.78, 5) is 12.7. The minimum absolute atomic E-state index is 0.00525. The van der Waals surface area contributed by atoms with Crippen LogP contribution in [0, 0.1) is 5.92 Å². The van der Waals surface area contributed by atoms with Crippen molar-refractivity contribution < 1.29 is 14.6 Å². The fourth-order valence-corrected chi connectivity index (χ4v) is 3.93. The Morgan fingerprint density at radius 1 is 1.08 bits per heavy atom. The average Bonchev–Trinajstić information content (AvgIpc) is 2.60. The van der Waals surface area contributed by atoms with Crippen molar-refractivity contribution in [2.75, 3.05) is 6.61 Å². The Morgan fingerprint density at radius 2 is 1.71 bits per heavy atom. The SMILES string of the molecule is CC[C@@H](C(=O)O)[C@H](CCOCc1ccccc1)Sc1ccccc1. The number of hydrogen-bond acceptors (Lipinski definition) is 3. The molecule has 0 aliphatic carbocycles. The van der Waals surface area contributed by atoms with E-state index in [1.807, 2.05) is 67.6 Å². The molecule has 2 aromatic carbocycles. The molecule has 0 spiro atoms. The zero-order valence-corrected chi connectivity index (χ0v) is 14.7. The Morgan fingerprint density at radius 3 is 2.29 bits per heavy atom. The molecule has 0 heterocycles. The van der Waals surface area contributed by atoms with E-state index < -0.39 is 5.97 Å². The van der Waals surface area contributed by atoms with Gasteiger partial charge in [-0.3, -0.25) is 4.79 Å². The number of carbonyl (C=O) groups is 1. The van der Waals surface area contributed by atoms with E-state index in [-0.39, 0.29) is 11.2 Å². The number of benzene rings is 2. The second kappa shape index (κ2) is 10.2. The largest absolute Gasteiger partial charge is 0.481 e. The van der Waals surface area contributed by atoms with E-state index in [1.165, 1.54) is 0 Å². The van der Waals surface area contributed by atoms with Crippen molar-refractivity contribution in [3.63, 3.8) is 0 Å². The lowest BCUT2D eigenvalue weighted by molar-refractivity contribution is -0.141. The second-order valence-corrected chi connectivity index (χ2v) is 6.96. The van der Waals surface area contributed by atoms with Crippen molar-refractivity contribution in [1.29, 1.82) is 0 Å². The fraction of sp³-hybridized carbons (Fsp3) is 0.350. The van der Waals surface area contributed by atoms with Crippen LogP contribution in [0.15, 0.2) is 65.6 Å². The molecule has 0 aliphatic heterocycles. The monoisotopic (exact) mass is 344 g/mol. The van der Waals surface area contributed by atoms with E-state index in [0.29, 0.717) is 19.6 Å². The van der Waals surface area contributed by atoms with Gasteiger partial charge in [0.25, 0.3) is 0 Å². The molecular formula is C20H24O3S. The fourth-order valence-electron chi connectivity index (χ4n) is 2.58. The zero-order valence-electron chi connectivity index (χ0n) is 13.9. The lowest BCUT2D eigenvalue weighted by Crippen LogP contribution is -2.26. The first-order valence-corrected chi connectivity index (χ1v) is 9.15. The van der Waals surface area contributed by atoms with Gasteiger partial charge in [-0.2, -0.15) is 0 Å². The van der Waals surface area contributed by atoms with Gasteiger partial charge in [-0.1, -0.05) is 55.5 Å². The summed E-state index contributed by atoms with van der Waals surface area (Å²) < 4.78 is 5.76. The van der Waals surface area contributed by atoms with E-state index in [0.717, 1.165) is 16.9 Å². The predicted molar refractivity (Wildman–Crippen MR) is 98.2 cm³/mol. The summed E-state index contributed by atoms with van der Waals surface area (Å²) in [5.41, 5.74) is 1.13. The molecular weight excluding hydrogens is 320 g/mol. The summed E-state index contributed by atoms with van der Waals surface area (Å²) in [5, 5.41) is 9.51. The van der Waals surface area contributed by atoms with Crippen LogP contribution >= 0.6 is 11.8 Å². The molecule has 0 bridgehead atoms. The third kappa shape index (κ3) is 6.02. The smallest absolute Gasteiger partial charge is 0.307 e. The van der Waals surface area contributed by atoms with Crippen LogP contribution in [-0.4, -0.2) is 22.9 Å². The molecule has 1 N–H and O–H groups in total. The standard InChI is InChI=1S/C20H24O3S/c1-2-18(20(21)22)19(24-17-11-7-4-8-12-17)13-14-23-15-16-9-5-3-6-10-16/h3-12,18-19H,2,13-15H2,1H3,(H,21,22)/t18-,19+/m1/s1. The van der Waals surface area contributed by atoms with Crippen LogP contribution in [0.1, 0.15) is 25.3 Å². The van der Waals surface area contributed by atoms with Gasteiger partial charge < -0.3 is 9.84 Å². The van der Waals surface area contributed by atoms with Crippen LogP contribution < -0.4 is 0 Å². The topological polar surface area (TPSA) is 46.5 Å². The van der Waals surface area contributed by atoms with Gasteiger partial charge in [0.2, 0.25) is 0 Å². The van der Waals surface area contributed by atoms with Crippen LogP contribution in [0.3, 0.4) is 0 Å². The van der Waals surface area contributed by atoms with Gasteiger partial charge in [-0.05, 0) is 30.5 Å². The molecule has 2 aromatic rings. The first-order valence-electron chi connectivity index (χ1n) is 8.27. The molecule has 0 aromatic heterocycles. The van der Waals surface area contributed by atoms with Crippen LogP contribution in [0.5, 0.6) is 0 Å². The summed E-state index contributed by atoms with van der Waals surface area (Å²) in [7, 11) is 0. The first-order chi connectivity index (χ1) is 11.7. The number of carboxylic acid groups (broad SMARTS) is 1. The lowest BCUT2D eigenvalue weighted by Gasteiger charge is -2.22. The van der Waals surface area contributed by atoms with Crippen LogP contribution in [0.2, 0.25) is 0 Å². The molecule has 0 unspecified atom stereocenters. The first kappa shape index (κ1) is 18.6. The molecule has 3 nitrogen and oxygen atoms in total. The Bertz CT molecular complexity index is 601. The summed E-state index contributed by atoms with van der Waals surface area (Å²) in [6.45, 7) is 3.05. The van der Waals surface area contributed by atoms with Gasteiger partial charge in [0.05, 0.1) is 12.5 Å². The van der Waals surface area contributed by atoms with E-state index in [4.69, 9.17) is 4.74 Å². The van der Waals surface area contributed by atoms with Crippen molar-refractivity contribution in [2.45, 2.75) is 36.5 Å². The van der Waals surface area contributed by atoms with E-state index in [9.17, 15) is 9.90 Å².